The Balaban J connectivity index is 2.13. The molecule has 1 N–H and O–H groups in total. The molecule has 1 aromatic rings. The van der Waals surface area contributed by atoms with Crippen molar-refractivity contribution in [1.29, 1.82) is 0 Å². The van der Waals surface area contributed by atoms with Gasteiger partial charge in [0.05, 0.1) is 4.47 Å². The SMILES string of the molecule is CCCNc1nc(C2CC2C)ncc1Br. The van der Waals surface area contributed by atoms with E-state index in [0.29, 0.717) is 5.92 Å². The minimum Gasteiger partial charge on any atom is -0.369 e. The highest BCUT2D eigenvalue weighted by Gasteiger charge is 2.36. The summed E-state index contributed by atoms with van der Waals surface area (Å²) in [6.45, 7) is 5.34. The summed E-state index contributed by atoms with van der Waals surface area (Å²) >= 11 is 3.46. The van der Waals surface area contributed by atoms with Gasteiger partial charge in [0.15, 0.2) is 0 Å². The van der Waals surface area contributed by atoms with E-state index >= 15 is 0 Å². The molecule has 0 amide bonds. The van der Waals surface area contributed by atoms with Gasteiger partial charge in [-0.3, -0.25) is 0 Å². The third-order valence-electron chi connectivity index (χ3n) is 2.75. The van der Waals surface area contributed by atoms with Crippen LogP contribution in [0.25, 0.3) is 0 Å². The van der Waals surface area contributed by atoms with Crippen LogP contribution in [0.1, 0.15) is 38.4 Å². The Bertz CT molecular complexity index is 354. The van der Waals surface area contributed by atoms with Gasteiger partial charge >= 0.3 is 0 Å². The predicted octanol–water partition coefficient (Wildman–Crippen LogP) is 3.18. The van der Waals surface area contributed by atoms with Crippen LogP contribution >= 0.6 is 15.9 Å². The second-order valence-corrected chi connectivity index (χ2v) is 5.03. The summed E-state index contributed by atoms with van der Waals surface area (Å²) in [5.74, 6) is 3.26. The molecule has 2 rings (SSSR count). The van der Waals surface area contributed by atoms with E-state index in [1.807, 2.05) is 6.20 Å². The van der Waals surface area contributed by atoms with Crippen LogP contribution in [0.4, 0.5) is 5.82 Å². The van der Waals surface area contributed by atoms with Gasteiger partial charge < -0.3 is 5.32 Å². The molecule has 4 heteroatoms. The molecule has 0 radical (unpaired) electrons. The monoisotopic (exact) mass is 269 g/mol. The second kappa shape index (κ2) is 4.47. The molecule has 1 aliphatic rings. The molecule has 0 saturated heterocycles. The van der Waals surface area contributed by atoms with E-state index in [-0.39, 0.29) is 0 Å². The summed E-state index contributed by atoms with van der Waals surface area (Å²) in [5, 5.41) is 3.30. The molecule has 0 bridgehead atoms. The van der Waals surface area contributed by atoms with Gasteiger partial charge in [0.25, 0.3) is 0 Å². The standard InChI is InChI=1S/C11H16BrN3/c1-3-4-13-11-9(12)6-14-10(15-11)8-5-7(8)2/h6-8H,3-5H2,1-2H3,(H,13,14,15). The lowest BCUT2D eigenvalue weighted by Crippen LogP contribution is -2.05. The lowest BCUT2D eigenvalue weighted by Gasteiger charge is -2.07. The van der Waals surface area contributed by atoms with Crippen LogP contribution in [0.5, 0.6) is 0 Å². The molecule has 1 aliphatic carbocycles. The maximum Gasteiger partial charge on any atom is 0.144 e. The third-order valence-corrected chi connectivity index (χ3v) is 3.33. The van der Waals surface area contributed by atoms with E-state index in [4.69, 9.17) is 0 Å². The van der Waals surface area contributed by atoms with Gasteiger partial charge in [-0.15, -0.1) is 0 Å². The third kappa shape index (κ3) is 2.48. The Kier molecular flexibility index (Phi) is 3.24. The predicted molar refractivity (Wildman–Crippen MR) is 65.0 cm³/mol. The first-order valence-electron chi connectivity index (χ1n) is 5.48. The zero-order chi connectivity index (χ0) is 10.8. The van der Waals surface area contributed by atoms with Crippen molar-refractivity contribution in [2.24, 2.45) is 5.92 Å². The highest BCUT2D eigenvalue weighted by atomic mass is 79.9. The molecule has 1 aromatic heterocycles. The topological polar surface area (TPSA) is 37.8 Å². The zero-order valence-electron chi connectivity index (χ0n) is 9.13. The molecule has 15 heavy (non-hydrogen) atoms. The second-order valence-electron chi connectivity index (χ2n) is 4.17. The number of hydrogen-bond acceptors (Lipinski definition) is 3. The van der Waals surface area contributed by atoms with Gasteiger partial charge in [-0.05, 0) is 34.7 Å². The first-order valence-corrected chi connectivity index (χ1v) is 6.28. The first-order chi connectivity index (χ1) is 7.22. The molecule has 0 aliphatic heterocycles. The Morgan fingerprint density at radius 2 is 2.33 bits per heavy atom. The number of halogens is 1. The van der Waals surface area contributed by atoms with Gasteiger partial charge in [0.2, 0.25) is 0 Å². The molecule has 0 spiro atoms. The number of nitrogens with one attached hydrogen (secondary N) is 1. The van der Waals surface area contributed by atoms with Gasteiger partial charge in [-0.1, -0.05) is 13.8 Å². The summed E-state index contributed by atoms with van der Waals surface area (Å²) in [5.41, 5.74) is 0. The number of rotatable bonds is 4. The minimum atomic E-state index is 0.584. The number of hydrogen-bond donors (Lipinski definition) is 1. The molecule has 2 atom stereocenters. The van der Waals surface area contributed by atoms with Crippen LogP contribution in [0, 0.1) is 5.92 Å². The van der Waals surface area contributed by atoms with Gasteiger partial charge in [0.1, 0.15) is 11.6 Å². The van der Waals surface area contributed by atoms with Gasteiger partial charge in [-0.2, -0.15) is 0 Å². The van der Waals surface area contributed by atoms with Crippen molar-refractivity contribution in [3.05, 3.63) is 16.5 Å². The van der Waals surface area contributed by atoms with Crippen molar-refractivity contribution in [3.8, 4) is 0 Å². The maximum atomic E-state index is 4.55. The fraction of sp³-hybridized carbons (Fsp3) is 0.636. The quantitative estimate of drug-likeness (QED) is 0.913. The normalized spacial score (nSPS) is 23.9. The largest absolute Gasteiger partial charge is 0.369 e. The Morgan fingerprint density at radius 3 is 2.93 bits per heavy atom. The van der Waals surface area contributed by atoms with Gasteiger partial charge in [-0.25, -0.2) is 9.97 Å². The molecular formula is C11H16BrN3. The molecule has 82 valence electrons. The smallest absolute Gasteiger partial charge is 0.144 e. The van der Waals surface area contributed by atoms with Crippen molar-refractivity contribution in [2.45, 2.75) is 32.6 Å². The van der Waals surface area contributed by atoms with Gasteiger partial charge in [0, 0.05) is 18.7 Å². The summed E-state index contributed by atoms with van der Waals surface area (Å²) in [6, 6.07) is 0. The lowest BCUT2D eigenvalue weighted by molar-refractivity contribution is 0.837. The molecule has 1 saturated carbocycles. The van der Waals surface area contributed by atoms with E-state index in [1.165, 1.54) is 6.42 Å². The average molecular weight is 270 g/mol. The molecule has 2 unspecified atom stereocenters. The van der Waals surface area contributed by atoms with Crippen LogP contribution in [-0.2, 0) is 0 Å². The van der Waals surface area contributed by atoms with Crippen molar-refractivity contribution < 1.29 is 0 Å². The Morgan fingerprint density at radius 1 is 1.60 bits per heavy atom. The van der Waals surface area contributed by atoms with Crippen LogP contribution in [0.2, 0.25) is 0 Å². The number of anilines is 1. The van der Waals surface area contributed by atoms with E-state index < -0.39 is 0 Å². The van der Waals surface area contributed by atoms with Crippen LogP contribution in [0.15, 0.2) is 10.7 Å². The molecular weight excluding hydrogens is 254 g/mol. The Hall–Kier alpha value is -0.640. The molecule has 0 aromatic carbocycles. The highest BCUT2D eigenvalue weighted by molar-refractivity contribution is 9.10. The van der Waals surface area contributed by atoms with Crippen LogP contribution < -0.4 is 5.32 Å². The van der Waals surface area contributed by atoms with E-state index in [1.54, 1.807) is 0 Å². The first kappa shape index (κ1) is 10.9. The Labute approximate surface area is 98.8 Å². The fourth-order valence-electron chi connectivity index (χ4n) is 1.61. The molecule has 1 heterocycles. The molecule has 3 nitrogen and oxygen atoms in total. The fourth-order valence-corrected chi connectivity index (χ4v) is 1.94. The van der Waals surface area contributed by atoms with Crippen molar-refractivity contribution in [1.82, 2.24) is 9.97 Å². The maximum absolute atomic E-state index is 4.55. The minimum absolute atomic E-state index is 0.584. The summed E-state index contributed by atoms with van der Waals surface area (Å²) in [4.78, 5) is 8.91. The average Bonchev–Trinajstić information content (AvgIpc) is 2.94. The van der Waals surface area contributed by atoms with E-state index in [2.05, 4.69) is 45.1 Å². The summed E-state index contributed by atoms with van der Waals surface area (Å²) in [6.07, 6.45) is 4.19. The zero-order valence-corrected chi connectivity index (χ0v) is 10.7. The molecule has 1 fully saturated rings. The number of aromatic nitrogens is 2. The van der Waals surface area contributed by atoms with E-state index in [0.717, 1.165) is 35.0 Å². The van der Waals surface area contributed by atoms with Crippen molar-refractivity contribution >= 4 is 21.7 Å². The van der Waals surface area contributed by atoms with Crippen molar-refractivity contribution in [2.75, 3.05) is 11.9 Å². The van der Waals surface area contributed by atoms with Crippen molar-refractivity contribution in [3.63, 3.8) is 0 Å². The summed E-state index contributed by atoms with van der Waals surface area (Å²) < 4.78 is 0.952. The van der Waals surface area contributed by atoms with E-state index in [9.17, 15) is 0 Å². The van der Waals surface area contributed by atoms with Crippen LogP contribution in [0.3, 0.4) is 0 Å². The highest BCUT2D eigenvalue weighted by Crippen LogP contribution is 2.45. The summed E-state index contributed by atoms with van der Waals surface area (Å²) in [7, 11) is 0. The number of nitrogens with zero attached hydrogens (tertiary/aromatic N) is 2. The van der Waals surface area contributed by atoms with Crippen LogP contribution in [-0.4, -0.2) is 16.5 Å². The lowest BCUT2D eigenvalue weighted by atomic mass is 10.3.